The van der Waals surface area contributed by atoms with Crippen LogP contribution in [0.3, 0.4) is 0 Å². The lowest BCUT2D eigenvalue weighted by atomic mass is 9.64. The van der Waals surface area contributed by atoms with Crippen molar-refractivity contribution in [1.29, 1.82) is 0 Å². The monoisotopic (exact) mass is 315 g/mol. The summed E-state index contributed by atoms with van der Waals surface area (Å²) in [5, 5.41) is 3.40. The van der Waals surface area contributed by atoms with E-state index in [-0.39, 0.29) is 11.5 Å². The van der Waals surface area contributed by atoms with Gasteiger partial charge in [0.05, 0.1) is 10.6 Å². The van der Waals surface area contributed by atoms with Gasteiger partial charge in [-0.15, -0.1) is 0 Å². The number of hydrogen-bond donors (Lipinski definition) is 3. The van der Waals surface area contributed by atoms with Crippen LogP contribution in [0, 0.1) is 5.41 Å². The fourth-order valence-electron chi connectivity index (χ4n) is 2.23. The average molecular weight is 316 g/mol. The molecule has 1 aliphatic rings. The minimum Gasteiger partial charge on any atom is -0.381 e. The Kier molecular flexibility index (Phi) is 3.74. The number of nitrogens with zero attached hydrogens (tertiary/aromatic N) is 2. The minimum absolute atomic E-state index is 0.0788. The first kappa shape index (κ1) is 13.5. The van der Waals surface area contributed by atoms with E-state index in [0.29, 0.717) is 12.0 Å². The summed E-state index contributed by atoms with van der Waals surface area (Å²) < 4.78 is 6.25. The number of nitrogen functional groups attached to an aromatic ring is 1. The van der Waals surface area contributed by atoms with Crippen molar-refractivity contribution in [3.05, 3.63) is 10.7 Å². The first-order valence-electron chi connectivity index (χ1n) is 5.77. The molecule has 2 unspecified atom stereocenters. The Hall–Kier alpha value is -0.920. The number of ether oxygens (including phenoxy) is 1. The van der Waals surface area contributed by atoms with Gasteiger partial charge in [0.2, 0.25) is 5.95 Å². The molecule has 0 aromatic carbocycles. The third-order valence-corrected chi connectivity index (χ3v) is 4.23. The molecular formula is C11H18BrN5O. The van der Waals surface area contributed by atoms with E-state index in [1.165, 1.54) is 0 Å². The van der Waals surface area contributed by atoms with Crippen LogP contribution in [0.5, 0.6) is 0 Å². The highest BCUT2D eigenvalue weighted by molar-refractivity contribution is 9.10. The molecule has 0 amide bonds. The van der Waals surface area contributed by atoms with Gasteiger partial charge in [-0.3, -0.25) is 5.43 Å². The van der Waals surface area contributed by atoms with Gasteiger partial charge in [-0.05, 0) is 22.4 Å². The van der Waals surface area contributed by atoms with Crippen LogP contribution in [-0.4, -0.2) is 29.2 Å². The van der Waals surface area contributed by atoms with Gasteiger partial charge in [-0.1, -0.05) is 13.8 Å². The zero-order chi connectivity index (χ0) is 13.3. The van der Waals surface area contributed by atoms with Crippen molar-refractivity contribution in [3.63, 3.8) is 0 Å². The maximum Gasteiger partial charge on any atom is 0.239 e. The molecule has 100 valence electrons. The van der Waals surface area contributed by atoms with E-state index in [0.717, 1.165) is 16.7 Å². The van der Waals surface area contributed by atoms with Gasteiger partial charge in [-0.25, -0.2) is 10.8 Å². The quantitative estimate of drug-likeness (QED) is 0.580. The predicted molar refractivity (Wildman–Crippen MR) is 74.1 cm³/mol. The second-order valence-electron chi connectivity index (χ2n) is 5.01. The summed E-state index contributed by atoms with van der Waals surface area (Å²) in [6.45, 7) is 4.36. The summed E-state index contributed by atoms with van der Waals surface area (Å²) in [5.41, 5.74) is 2.52. The molecular weight excluding hydrogens is 298 g/mol. The number of rotatable bonds is 4. The Morgan fingerprint density at radius 2 is 2.28 bits per heavy atom. The molecule has 18 heavy (non-hydrogen) atoms. The van der Waals surface area contributed by atoms with Crippen LogP contribution in [-0.2, 0) is 4.74 Å². The standard InChI is InChI=1S/C11H18BrN5O/c1-11(2)7(4-8(11)18-3)15-9-6(12)5-14-10(16-9)17-13/h5,7-8H,4,13H2,1-3H3,(H2,14,15,16,17). The molecule has 1 saturated carbocycles. The second-order valence-corrected chi connectivity index (χ2v) is 5.87. The number of halogens is 1. The highest BCUT2D eigenvalue weighted by Gasteiger charge is 2.48. The second kappa shape index (κ2) is 4.99. The van der Waals surface area contributed by atoms with Crippen LogP contribution in [0.1, 0.15) is 20.3 Å². The highest BCUT2D eigenvalue weighted by atomic mass is 79.9. The molecule has 6 nitrogen and oxygen atoms in total. The molecule has 0 aliphatic heterocycles. The Balaban J connectivity index is 2.11. The minimum atomic E-state index is 0.0788. The van der Waals surface area contributed by atoms with Crippen molar-refractivity contribution in [3.8, 4) is 0 Å². The lowest BCUT2D eigenvalue weighted by molar-refractivity contribution is -0.0795. The summed E-state index contributed by atoms with van der Waals surface area (Å²) in [6.07, 6.45) is 2.91. The zero-order valence-electron chi connectivity index (χ0n) is 10.7. The van der Waals surface area contributed by atoms with Crippen molar-refractivity contribution in [2.75, 3.05) is 17.9 Å². The molecule has 0 bridgehead atoms. The molecule has 0 spiro atoms. The first-order chi connectivity index (χ1) is 8.48. The van der Waals surface area contributed by atoms with E-state index < -0.39 is 0 Å². The summed E-state index contributed by atoms with van der Waals surface area (Å²) in [7, 11) is 1.75. The van der Waals surface area contributed by atoms with Crippen LogP contribution >= 0.6 is 15.9 Å². The Morgan fingerprint density at radius 1 is 1.56 bits per heavy atom. The van der Waals surface area contributed by atoms with E-state index in [9.17, 15) is 0 Å². The number of aromatic nitrogens is 2. The molecule has 2 atom stereocenters. The summed E-state index contributed by atoms with van der Waals surface area (Å²) in [4.78, 5) is 8.30. The van der Waals surface area contributed by atoms with Gasteiger partial charge in [0.25, 0.3) is 0 Å². The normalized spacial score (nSPS) is 25.4. The summed E-state index contributed by atoms with van der Waals surface area (Å²) in [5.74, 6) is 6.44. The van der Waals surface area contributed by atoms with Crippen LogP contribution in [0.2, 0.25) is 0 Å². The van der Waals surface area contributed by atoms with E-state index in [1.807, 2.05) is 0 Å². The van der Waals surface area contributed by atoms with Crippen molar-refractivity contribution in [2.45, 2.75) is 32.4 Å². The SMILES string of the molecule is COC1CC(Nc2nc(NN)ncc2Br)C1(C)C. The topological polar surface area (TPSA) is 85.1 Å². The number of hydrogen-bond acceptors (Lipinski definition) is 6. The van der Waals surface area contributed by atoms with Crippen molar-refractivity contribution in [1.82, 2.24) is 9.97 Å². The lowest BCUT2D eigenvalue weighted by Gasteiger charge is -2.51. The van der Waals surface area contributed by atoms with E-state index in [4.69, 9.17) is 10.6 Å². The molecule has 1 aromatic heterocycles. The van der Waals surface area contributed by atoms with Gasteiger partial charge < -0.3 is 10.1 Å². The third-order valence-electron chi connectivity index (χ3n) is 3.65. The highest BCUT2D eigenvalue weighted by Crippen LogP contribution is 2.44. The largest absolute Gasteiger partial charge is 0.381 e. The van der Waals surface area contributed by atoms with Crippen molar-refractivity contribution < 1.29 is 4.74 Å². The smallest absolute Gasteiger partial charge is 0.239 e. The van der Waals surface area contributed by atoms with E-state index in [1.54, 1.807) is 13.3 Å². The Morgan fingerprint density at radius 3 is 2.83 bits per heavy atom. The number of nitrogens with one attached hydrogen (secondary N) is 2. The molecule has 0 radical (unpaired) electrons. The van der Waals surface area contributed by atoms with Crippen LogP contribution in [0.4, 0.5) is 11.8 Å². The number of methoxy groups -OCH3 is 1. The molecule has 1 aromatic rings. The van der Waals surface area contributed by atoms with Gasteiger partial charge in [0.1, 0.15) is 5.82 Å². The van der Waals surface area contributed by atoms with Gasteiger partial charge >= 0.3 is 0 Å². The molecule has 0 saturated heterocycles. The van der Waals surface area contributed by atoms with Gasteiger partial charge in [0, 0.05) is 24.8 Å². The summed E-state index contributed by atoms with van der Waals surface area (Å²) in [6, 6.07) is 0.319. The third kappa shape index (κ3) is 2.30. The van der Waals surface area contributed by atoms with Gasteiger partial charge in [-0.2, -0.15) is 4.98 Å². The van der Waals surface area contributed by atoms with E-state index in [2.05, 4.69) is 50.5 Å². The van der Waals surface area contributed by atoms with Crippen LogP contribution in [0.15, 0.2) is 10.7 Å². The van der Waals surface area contributed by atoms with Crippen LogP contribution < -0.4 is 16.6 Å². The fraction of sp³-hybridized carbons (Fsp3) is 0.636. The predicted octanol–water partition coefficient (Wildman–Crippen LogP) is 1.75. The lowest BCUT2D eigenvalue weighted by Crippen LogP contribution is -2.57. The van der Waals surface area contributed by atoms with Crippen molar-refractivity contribution in [2.24, 2.45) is 11.3 Å². The molecule has 4 N–H and O–H groups in total. The van der Waals surface area contributed by atoms with Gasteiger partial charge in [0.15, 0.2) is 0 Å². The molecule has 1 aliphatic carbocycles. The summed E-state index contributed by atoms with van der Waals surface area (Å²) >= 11 is 3.42. The zero-order valence-corrected chi connectivity index (χ0v) is 12.3. The fourth-order valence-corrected chi connectivity index (χ4v) is 2.54. The maximum atomic E-state index is 5.43. The number of anilines is 2. The molecule has 2 rings (SSSR count). The Labute approximate surface area is 115 Å². The van der Waals surface area contributed by atoms with E-state index >= 15 is 0 Å². The molecule has 1 fully saturated rings. The number of hydrazine groups is 1. The Bertz CT molecular complexity index is 439. The first-order valence-corrected chi connectivity index (χ1v) is 6.56. The van der Waals surface area contributed by atoms with Crippen LogP contribution in [0.25, 0.3) is 0 Å². The van der Waals surface area contributed by atoms with Crippen molar-refractivity contribution >= 4 is 27.7 Å². The molecule has 1 heterocycles. The number of nitrogens with two attached hydrogens (primary N) is 1. The maximum absolute atomic E-state index is 5.43. The molecule has 7 heteroatoms. The average Bonchev–Trinajstić information content (AvgIpc) is 2.35.